The Labute approximate surface area is 131 Å². The van der Waals surface area contributed by atoms with Crippen molar-refractivity contribution in [2.24, 2.45) is 0 Å². The fourth-order valence-electron chi connectivity index (χ4n) is 1.82. The third-order valence-corrected chi connectivity index (χ3v) is 5.21. The number of halogens is 2. The molecule has 0 amide bonds. The van der Waals surface area contributed by atoms with E-state index in [1.807, 2.05) is 0 Å². The Morgan fingerprint density at radius 2 is 1.71 bits per heavy atom. The molecule has 0 radical (unpaired) electrons. The van der Waals surface area contributed by atoms with E-state index in [4.69, 9.17) is 28.3 Å². The molecule has 0 aliphatic carbocycles. The highest BCUT2D eigenvalue weighted by atomic mass is 35.5. The van der Waals surface area contributed by atoms with Crippen LogP contribution in [0.1, 0.15) is 15.9 Å². The van der Waals surface area contributed by atoms with Crippen molar-refractivity contribution in [3.05, 3.63) is 63.6 Å². The van der Waals surface area contributed by atoms with Crippen LogP contribution in [0.2, 0.25) is 10.0 Å². The predicted octanol–water partition coefficient (Wildman–Crippen LogP) is 3.67. The van der Waals surface area contributed by atoms with Crippen LogP contribution in [0, 0.1) is 0 Å². The number of carbonyl (C=O) groups is 1. The highest BCUT2D eigenvalue weighted by Crippen LogP contribution is 2.31. The van der Waals surface area contributed by atoms with Gasteiger partial charge in [0.2, 0.25) is 0 Å². The van der Waals surface area contributed by atoms with E-state index in [-0.39, 0.29) is 26.3 Å². The highest BCUT2D eigenvalue weighted by molar-refractivity contribution is 7.90. The molecular formula is C14H10Cl2O4S. The van der Waals surface area contributed by atoms with Crippen molar-refractivity contribution in [1.29, 1.82) is 0 Å². The lowest BCUT2D eigenvalue weighted by molar-refractivity contribution is 0.0697. The van der Waals surface area contributed by atoms with Crippen molar-refractivity contribution >= 4 is 39.0 Å². The van der Waals surface area contributed by atoms with Gasteiger partial charge in [-0.3, -0.25) is 0 Å². The maximum atomic E-state index is 12.4. The summed E-state index contributed by atoms with van der Waals surface area (Å²) in [5, 5.41) is 8.70. The quantitative estimate of drug-likeness (QED) is 0.918. The average Bonchev–Trinajstić information content (AvgIpc) is 2.41. The summed E-state index contributed by atoms with van der Waals surface area (Å²) < 4.78 is 24.8. The largest absolute Gasteiger partial charge is 0.478 e. The van der Waals surface area contributed by atoms with Crippen LogP contribution in [0.25, 0.3) is 0 Å². The van der Waals surface area contributed by atoms with Gasteiger partial charge in [0.05, 0.1) is 21.2 Å². The Balaban J connectivity index is 2.53. The minimum absolute atomic E-state index is 0.00318. The first-order valence-corrected chi connectivity index (χ1v) is 8.21. The Morgan fingerprint density at radius 1 is 1.10 bits per heavy atom. The number of hydrogen-bond acceptors (Lipinski definition) is 3. The minimum Gasteiger partial charge on any atom is -0.478 e. The van der Waals surface area contributed by atoms with Crippen molar-refractivity contribution in [2.45, 2.75) is 10.6 Å². The zero-order valence-corrected chi connectivity index (χ0v) is 12.9. The van der Waals surface area contributed by atoms with Crippen molar-refractivity contribution in [3.8, 4) is 0 Å². The van der Waals surface area contributed by atoms with E-state index in [2.05, 4.69) is 0 Å². The van der Waals surface area contributed by atoms with E-state index in [0.29, 0.717) is 5.56 Å². The van der Waals surface area contributed by atoms with E-state index >= 15 is 0 Å². The van der Waals surface area contributed by atoms with Gasteiger partial charge in [-0.25, -0.2) is 13.2 Å². The third-order valence-electron chi connectivity index (χ3n) is 2.77. The first-order chi connectivity index (χ1) is 9.81. The second-order valence-electron chi connectivity index (χ2n) is 4.32. The Morgan fingerprint density at radius 3 is 2.29 bits per heavy atom. The molecule has 2 aromatic rings. The molecule has 2 aromatic carbocycles. The van der Waals surface area contributed by atoms with Gasteiger partial charge in [0.15, 0.2) is 9.84 Å². The van der Waals surface area contributed by atoms with Crippen LogP contribution in [0.3, 0.4) is 0 Å². The molecule has 21 heavy (non-hydrogen) atoms. The molecule has 0 heterocycles. The summed E-state index contributed by atoms with van der Waals surface area (Å²) in [6.07, 6.45) is 0. The maximum Gasteiger partial charge on any atom is 0.337 e. The Hall–Kier alpha value is -1.56. The number of hydrogen-bond donors (Lipinski definition) is 1. The Kier molecular flexibility index (Phi) is 4.56. The van der Waals surface area contributed by atoms with Gasteiger partial charge in [-0.1, -0.05) is 53.5 Å². The first-order valence-electron chi connectivity index (χ1n) is 5.80. The number of rotatable bonds is 4. The van der Waals surface area contributed by atoms with E-state index in [1.165, 1.54) is 0 Å². The molecule has 0 atom stereocenters. The first kappa shape index (κ1) is 15.8. The topological polar surface area (TPSA) is 71.4 Å². The molecule has 1 N–H and O–H groups in total. The summed E-state index contributed by atoms with van der Waals surface area (Å²) >= 11 is 11.7. The van der Waals surface area contributed by atoms with Gasteiger partial charge in [-0.15, -0.1) is 0 Å². The van der Waals surface area contributed by atoms with Crippen LogP contribution in [0.5, 0.6) is 0 Å². The molecular weight excluding hydrogens is 335 g/mol. The van der Waals surface area contributed by atoms with Gasteiger partial charge in [-0.2, -0.15) is 0 Å². The molecule has 4 nitrogen and oxygen atoms in total. The van der Waals surface area contributed by atoms with E-state index in [0.717, 1.165) is 12.1 Å². The average molecular weight is 345 g/mol. The third kappa shape index (κ3) is 3.56. The predicted molar refractivity (Wildman–Crippen MR) is 80.8 cm³/mol. The lowest BCUT2D eigenvalue weighted by Gasteiger charge is -2.09. The lowest BCUT2D eigenvalue weighted by Crippen LogP contribution is -2.08. The molecule has 0 aromatic heterocycles. The monoisotopic (exact) mass is 344 g/mol. The summed E-state index contributed by atoms with van der Waals surface area (Å²) in [5.41, 5.74) is 0.237. The zero-order chi connectivity index (χ0) is 15.6. The summed E-state index contributed by atoms with van der Waals surface area (Å²) in [5.74, 6) is -1.62. The maximum absolute atomic E-state index is 12.4. The van der Waals surface area contributed by atoms with E-state index in [1.54, 1.807) is 30.3 Å². The molecule has 0 spiro atoms. The molecule has 0 unspecified atom stereocenters. The number of carboxylic acids is 1. The normalized spacial score (nSPS) is 11.3. The molecule has 0 aliphatic heterocycles. The second-order valence-corrected chi connectivity index (χ2v) is 7.09. The fourth-order valence-corrected chi connectivity index (χ4v) is 4.12. The van der Waals surface area contributed by atoms with Gasteiger partial charge in [-0.05, 0) is 17.7 Å². The summed E-state index contributed by atoms with van der Waals surface area (Å²) in [6, 6.07) is 10.8. The number of carboxylic acid groups (broad SMARTS) is 1. The van der Waals surface area contributed by atoms with Crippen molar-refractivity contribution in [3.63, 3.8) is 0 Å². The van der Waals surface area contributed by atoms with Crippen LogP contribution < -0.4 is 0 Å². The van der Waals surface area contributed by atoms with E-state index < -0.39 is 15.8 Å². The van der Waals surface area contributed by atoms with Crippen LogP contribution in [-0.2, 0) is 15.6 Å². The van der Waals surface area contributed by atoms with Crippen LogP contribution in [0.15, 0.2) is 47.4 Å². The van der Waals surface area contributed by atoms with Gasteiger partial charge in [0, 0.05) is 5.02 Å². The molecule has 0 saturated heterocycles. The highest BCUT2D eigenvalue weighted by Gasteiger charge is 2.24. The van der Waals surface area contributed by atoms with Crippen molar-refractivity contribution < 1.29 is 18.3 Å². The van der Waals surface area contributed by atoms with Gasteiger partial charge in [0.25, 0.3) is 0 Å². The molecule has 2 rings (SSSR count). The van der Waals surface area contributed by atoms with Crippen LogP contribution in [0.4, 0.5) is 0 Å². The Bertz CT molecular complexity index is 786. The molecule has 0 saturated carbocycles. The SMILES string of the molecule is O=C(O)c1cc(Cl)cc(S(=O)(=O)Cc2ccccc2)c1Cl. The standard InChI is InChI=1S/C14H10Cl2O4S/c15-10-6-11(14(17)18)13(16)12(7-10)21(19,20)8-9-4-2-1-3-5-9/h1-7H,8H2,(H,17,18). The van der Waals surface area contributed by atoms with Gasteiger partial charge in [0.1, 0.15) is 0 Å². The van der Waals surface area contributed by atoms with E-state index in [9.17, 15) is 13.2 Å². The number of aromatic carboxylic acids is 1. The second kappa shape index (κ2) is 6.05. The lowest BCUT2D eigenvalue weighted by atomic mass is 10.2. The summed E-state index contributed by atoms with van der Waals surface area (Å²) in [6.45, 7) is 0. The van der Waals surface area contributed by atoms with Crippen molar-refractivity contribution in [2.75, 3.05) is 0 Å². The molecule has 0 bridgehead atoms. The molecule has 110 valence electrons. The van der Waals surface area contributed by atoms with Gasteiger partial charge < -0.3 is 5.11 Å². The van der Waals surface area contributed by atoms with Gasteiger partial charge >= 0.3 is 5.97 Å². The smallest absolute Gasteiger partial charge is 0.337 e. The molecule has 7 heteroatoms. The van der Waals surface area contributed by atoms with Crippen LogP contribution in [-0.4, -0.2) is 19.5 Å². The summed E-state index contributed by atoms with van der Waals surface area (Å²) in [7, 11) is -3.80. The molecule has 0 aliphatic rings. The van der Waals surface area contributed by atoms with Crippen LogP contribution >= 0.6 is 23.2 Å². The zero-order valence-electron chi connectivity index (χ0n) is 10.6. The number of sulfone groups is 1. The number of benzene rings is 2. The molecule has 0 fully saturated rings. The van der Waals surface area contributed by atoms with Crippen molar-refractivity contribution in [1.82, 2.24) is 0 Å². The summed E-state index contributed by atoms with van der Waals surface area (Å²) in [4.78, 5) is 10.8. The minimum atomic E-state index is -3.80. The fraction of sp³-hybridized carbons (Fsp3) is 0.0714.